The third-order valence-electron chi connectivity index (χ3n) is 1.84. The van der Waals surface area contributed by atoms with Gasteiger partial charge in [0.1, 0.15) is 0 Å². The second-order valence-corrected chi connectivity index (χ2v) is 6.27. The first-order valence-corrected chi connectivity index (χ1v) is 5.62. The Bertz CT molecular complexity index is 289. The number of hydrogen-bond donors (Lipinski definition) is 1. The fraction of sp³-hybridized carbons (Fsp3) is 0.692. The zero-order chi connectivity index (χ0) is 13.9. The van der Waals surface area contributed by atoms with Gasteiger partial charge in [-0.05, 0) is 25.7 Å². The van der Waals surface area contributed by atoms with Crippen LogP contribution in [0.1, 0.15) is 47.5 Å². The molecular formula is C13H23NO3. The molecule has 17 heavy (non-hydrogen) atoms. The molecule has 4 heteroatoms. The number of nitrogens with two attached hydrogens (primary N) is 1. The molecule has 0 radical (unpaired) electrons. The van der Waals surface area contributed by atoms with E-state index in [4.69, 9.17) is 5.73 Å². The van der Waals surface area contributed by atoms with Crippen LogP contribution in [0.5, 0.6) is 0 Å². The summed E-state index contributed by atoms with van der Waals surface area (Å²) in [6.45, 7) is 14.1. The summed E-state index contributed by atoms with van der Waals surface area (Å²) in [5, 5.41) is 0. The zero-order valence-corrected chi connectivity index (χ0v) is 11.4. The van der Waals surface area contributed by atoms with Crippen LogP contribution in [-0.2, 0) is 14.3 Å². The van der Waals surface area contributed by atoms with Crippen molar-refractivity contribution in [2.75, 3.05) is 0 Å². The zero-order valence-electron chi connectivity index (χ0n) is 11.4. The third-order valence-corrected chi connectivity index (χ3v) is 1.84. The van der Waals surface area contributed by atoms with Crippen LogP contribution in [0, 0.1) is 5.41 Å². The summed E-state index contributed by atoms with van der Waals surface area (Å²) in [5.74, 6) is -1.09. The summed E-state index contributed by atoms with van der Waals surface area (Å²) in [5.41, 5.74) is 6.41. The first kappa shape index (κ1) is 15.8. The SMILES string of the molecule is C=C1CC(=O)OC1=O.CC(C)(C)CC(C)(C)N. The first-order chi connectivity index (χ1) is 7.41. The lowest BCUT2D eigenvalue weighted by Gasteiger charge is -2.28. The quantitative estimate of drug-likeness (QED) is 0.434. The number of esters is 2. The molecule has 0 bridgehead atoms. The fourth-order valence-electron chi connectivity index (χ4n) is 1.82. The summed E-state index contributed by atoms with van der Waals surface area (Å²) in [6, 6.07) is 0. The van der Waals surface area contributed by atoms with Crippen molar-refractivity contribution < 1.29 is 14.3 Å². The molecule has 2 N–H and O–H groups in total. The predicted molar refractivity (Wildman–Crippen MR) is 67.2 cm³/mol. The van der Waals surface area contributed by atoms with E-state index in [1.165, 1.54) is 0 Å². The summed E-state index contributed by atoms with van der Waals surface area (Å²) in [7, 11) is 0. The molecule has 0 saturated carbocycles. The lowest BCUT2D eigenvalue weighted by Crippen LogP contribution is -2.36. The lowest BCUT2D eigenvalue weighted by molar-refractivity contribution is -0.151. The maximum Gasteiger partial charge on any atom is 0.341 e. The van der Waals surface area contributed by atoms with E-state index in [9.17, 15) is 9.59 Å². The van der Waals surface area contributed by atoms with Gasteiger partial charge >= 0.3 is 11.9 Å². The highest BCUT2D eigenvalue weighted by molar-refractivity contribution is 6.05. The van der Waals surface area contributed by atoms with Gasteiger partial charge in [-0.25, -0.2) is 4.79 Å². The smallest absolute Gasteiger partial charge is 0.341 e. The fourth-order valence-corrected chi connectivity index (χ4v) is 1.82. The highest BCUT2D eigenvalue weighted by atomic mass is 16.6. The number of carbonyl (C=O) groups excluding carboxylic acids is 2. The van der Waals surface area contributed by atoms with Gasteiger partial charge in [0, 0.05) is 11.1 Å². The molecule has 0 atom stereocenters. The van der Waals surface area contributed by atoms with Crippen LogP contribution in [0.3, 0.4) is 0 Å². The van der Waals surface area contributed by atoms with Crippen molar-refractivity contribution in [1.29, 1.82) is 0 Å². The number of ether oxygens (including phenoxy) is 1. The average Bonchev–Trinajstić information content (AvgIpc) is 2.21. The number of cyclic esters (lactones) is 2. The third kappa shape index (κ3) is 8.63. The topological polar surface area (TPSA) is 69.4 Å². The molecule has 1 rings (SSSR count). The molecule has 1 aliphatic heterocycles. The average molecular weight is 241 g/mol. The molecular weight excluding hydrogens is 218 g/mol. The monoisotopic (exact) mass is 241 g/mol. The molecule has 0 amide bonds. The Morgan fingerprint density at radius 1 is 1.24 bits per heavy atom. The molecule has 1 fully saturated rings. The molecule has 0 unspecified atom stereocenters. The number of carbonyl (C=O) groups is 2. The van der Waals surface area contributed by atoms with E-state index >= 15 is 0 Å². The van der Waals surface area contributed by atoms with Crippen molar-refractivity contribution in [3.63, 3.8) is 0 Å². The van der Waals surface area contributed by atoms with Crippen molar-refractivity contribution in [3.05, 3.63) is 12.2 Å². The van der Waals surface area contributed by atoms with Gasteiger partial charge in [-0.2, -0.15) is 0 Å². The highest BCUT2D eigenvalue weighted by Gasteiger charge is 2.24. The van der Waals surface area contributed by atoms with Crippen LogP contribution in [0.4, 0.5) is 0 Å². The lowest BCUT2D eigenvalue weighted by atomic mass is 9.82. The van der Waals surface area contributed by atoms with Crippen molar-refractivity contribution in [2.24, 2.45) is 11.1 Å². The van der Waals surface area contributed by atoms with Gasteiger partial charge in [0.15, 0.2) is 0 Å². The molecule has 4 nitrogen and oxygen atoms in total. The van der Waals surface area contributed by atoms with Gasteiger partial charge in [-0.15, -0.1) is 0 Å². The largest absolute Gasteiger partial charge is 0.389 e. The van der Waals surface area contributed by atoms with E-state index < -0.39 is 11.9 Å². The van der Waals surface area contributed by atoms with Crippen LogP contribution in [0.15, 0.2) is 12.2 Å². The van der Waals surface area contributed by atoms with Crippen LogP contribution in [-0.4, -0.2) is 17.5 Å². The van der Waals surface area contributed by atoms with Gasteiger partial charge in [-0.3, -0.25) is 4.79 Å². The highest BCUT2D eigenvalue weighted by Crippen LogP contribution is 2.24. The molecule has 1 saturated heterocycles. The molecule has 0 aromatic carbocycles. The van der Waals surface area contributed by atoms with Crippen LogP contribution in [0.2, 0.25) is 0 Å². The summed E-state index contributed by atoms with van der Waals surface area (Å²) >= 11 is 0. The molecule has 98 valence electrons. The Kier molecular flexibility index (Phi) is 5.08. The molecule has 0 aromatic heterocycles. The van der Waals surface area contributed by atoms with Crippen molar-refractivity contribution >= 4 is 11.9 Å². The molecule has 1 heterocycles. The standard InChI is InChI=1S/C8H19N.C5H4O3/c1-7(2,3)6-8(4,5)9;1-3-2-4(6)8-5(3)7/h6,9H2,1-5H3;1-2H2. The first-order valence-electron chi connectivity index (χ1n) is 5.62. The van der Waals surface area contributed by atoms with E-state index in [0.717, 1.165) is 6.42 Å². The summed E-state index contributed by atoms with van der Waals surface area (Å²) < 4.78 is 4.10. The number of hydrogen-bond acceptors (Lipinski definition) is 4. The van der Waals surface area contributed by atoms with Gasteiger partial charge in [-0.1, -0.05) is 27.4 Å². The van der Waals surface area contributed by atoms with Gasteiger partial charge in [0.05, 0.1) is 6.42 Å². The van der Waals surface area contributed by atoms with E-state index in [-0.39, 0.29) is 17.5 Å². The van der Waals surface area contributed by atoms with Gasteiger partial charge in [0.25, 0.3) is 0 Å². The summed E-state index contributed by atoms with van der Waals surface area (Å²) in [6.07, 6.45) is 1.12. The van der Waals surface area contributed by atoms with E-state index in [2.05, 4.69) is 45.9 Å². The predicted octanol–water partition coefficient (Wildman–Crippen LogP) is 2.18. The normalized spacial score (nSPS) is 16.5. The maximum absolute atomic E-state index is 10.2. The van der Waals surface area contributed by atoms with Crippen LogP contribution < -0.4 is 5.73 Å². The Labute approximate surface area is 103 Å². The second kappa shape index (κ2) is 5.45. The minimum Gasteiger partial charge on any atom is -0.389 e. The number of rotatable bonds is 1. The maximum atomic E-state index is 10.2. The van der Waals surface area contributed by atoms with Crippen molar-refractivity contribution in [3.8, 4) is 0 Å². The van der Waals surface area contributed by atoms with E-state index in [0.29, 0.717) is 5.41 Å². The Balaban J connectivity index is 0.000000302. The minimum atomic E-state index is -0.588. The van der Waals surface area contributed by atoms with Crippen molar-refractivity contribution in [1.82, 2.24) is 0 Å². The molecule has 0 aromatic rings. The Morgan fingerprint density at radius 3 is 1.76 bits per heavy atom. The van der Waals surface area contributed by atoms with Gasteiger partial charge < -0.3 is 10.5 Å². The van der Waals surface area contributed by atoms with Crippen molar-refractivity contribution in [2.45, 2.75) is 53.0 Å². The van der Waals surface area contributed by atoms with Crippen LogP contribution in [0.25, 0.3) is 0 Å². The van der Waals surface area contributed by atoms with E-state index in [1.54, 1.807) is 0 Å². The van der Waals surface area contributed by atoms with E-state index in [1.807, 2.05) is 0 Å². The second-order valence-electron chi connectivity index (χ2n) is 6.27. The molecule has 0 aliphatic carbocycles. The van der Waals surface area contributed by atoms with Crippen LogP contribution >= 0.6 is 0 Å². The van der Waals surface area contributed by atoms with Gasteiger partial charge in [0.2, 0.25) is 0 Å². The Hall–Kier alpha value is -1.16. The summed E-state index contributed by atoms with van der Waals surface area (Å²) in [4.78, 5) is 20.4. The Morgan fingerprint density at radius 2 is 1.71 bits per heavy atom. The minimum absolute atomic E-state index is 0.0156. The molecule has 1 aliphatic rings. The molecule has 0 spiro atoms.